The summed E-state index contributed by atoms with van der Waals surface area (Å²) in [5, 5.41) is 20.5. The Morgan fingerprint density at radius 2 is 1.34 bits per heavy atom. The number of carbonyl (C=O) groups excluding carboxylic acids is 1. The standard InChI is InChI=1S/C33H49NO4/c1-12-33(13-2,25-15-14-24(22(3)20-25)18-19-32(10,38)30(5,6)7)26-16-17-27(23(4)21-26)28(35)34(11)31(8,9)29(36)37/h14-17,20-21,38H,12-13,18-19H2,1-11H3,(H,36,37). The Morgan fingerprint density at radius 3 is 1.76 bits per heavy atom. The average Bonchev–Trinajstić information content (AvgIpc) is 2.83. The molecule has 0 aromatic heterocycles. The van der Waals surface area contributed by atoms with Crippen molar-refractivity contribution in [3.05, 3.63) is 69.8 Å². The monoisotopic (exact) mass is 523 g/mol. The molecule has 38 heavy (non-hydrogen) atoms. The van der Waals surface area contributed by atoms with Crippen LogP contribution in [0, 0.1) is 19.3 Å². The second-order valence-electron chi connectivity index (χ2n) is 12.7. The Kier molecular flexibility index (Phi) is 9.31. The molecule has 5 heteroatoms. The number of carbonyl (C=O) groups is 2. The summed E-state index contributed by atoms with van der Waals surface area (Å²) < 4.78 is 0. The predicted octanol–water partition coefficient (Wildman–Crippen LogP) is 7.07. The van der Waals surface area contributed by atoms with Crippen molar-refractivity contribution in [2.75, 3.05) is 7.05 Å². The Morgan fingerprint density at radius 1 is 0.842 bits per heavy atom. The molecule has 1 amide bonds. The van der Waals surface area contributed by atoms with E-state index in [2.05, 4.69) is 65.8 Å². The van der Waals surface area contributed by atoms with Crippen molar-refractivity contribution in [3.8, 4) is 0 Å². The number of aliphatic carboxylic acids is 1. The lowest BCUT2D eigenvalue weighted by Gasteiger charge is -2.37. The van der Waals surface area contributed by atoms with Gasteiger partial charge in [-0.05, 0) is 99.6 Å². The second kappa shape index (κ2) is 11.2. The highest BCUT2D eigenvalue weighted by Gasteiger charge is 2.37. The normalized spacial score (nSPS) is 14.2. The number of rotatable bonds is 10. The van der Waals surface area contributed by atoms with Gasteiger partial charge in [0, 0.05) is 18.0 Å². The molecule has 0 aliphatic rings. The lowest BCUT2D eigenvalue weighted by molar-refractivity contribution is -0.147. The molecule has 2 aromatic rings. The third-order valence-corrected chi connectivity index (χ3v) is 9.28. The number of carboxylic acids is 1. The SMILES string of the molecule is CCC(CC)(c1ccc(CCC(C)(O)C(C)(C)C)c(C)c1)c1ccc(C(=O)N(C)C(C)(C)C(=O)O)c(C)c1. The summed E-state index contributed by atoms with van der Waals surface area (Å²) in [4.78, 5) is 26.2. The van der Waals surface area contributed by atoms with Crippen molar-refractivity contribution in [1.82, 2.24) is 4.90 Å². The van der Waals surface area contributed by atoms with Crippen LogP contribution in [0.1, 0.15) is 113 Å². The molecule has 1 atom stereocenters. The van der Waals surface area contributed by atoms with Gasteiger partial charge < -0.3 is 15.1 Å². The minimum atomic E-state index is -1.31. The van der Waals surface area contributed by atoms with E-state index in [0.29, 0.717) is 12.0 Å². The Labute approximate surface area is 230 Å². The number of hydrogen-bond acceptors (Lipinski definition) is 3. The summed E-state index contributed by atoms with van der Waals surface area (Å²) >= 11 is 0. The molecule has 5 nitrogen and oxygen atoms in total. The van der Waals surface area contributed by atoms with Crippen LogP contribution in [0.15, 0.2) is 36.4 Å². The fourth-order valence-corrected chi connectivity index (χ4v) is 5.04. The van der Waals surface area contributed by atoms with Gasteiger partial charge >= 0.3 is 5.97 Å². The van der Waals surface area contributed by atoms with E-state index in [9.17, 15) is 19.8 Å². The number of benzene rings is 2. The maximum Gasteiger partial charge on any atom is 0.329 e. The number of carboxylic acid groups (broad SMARTS) is 1. The van der Waals surface area contributed by atoms with Gasteiger partial charge in [0.2, 0.25) is 0 Å². The van der Waals surface area contributed by atoms with Crippen LogP contribution in [0.4, 0.5) is 0 Å². The highest BCUT2D eigenvalue weighted by molar-refractivity contribution is 5.98. The van der Waals surface area contributed by atoms with Crippen LogP contribution in [-0.4, -0.2) is 45.2 Å². The second-order valence-corrected chi connectivity index (χ2v) is 12.7. The fourth-order valence-electron chi connectivity index (χ4n) is 5.04. The summed E-state index contributed by atoms with van der Waals surface area (Å²) in [6.45, 7) is 19.7. The van der Waals surface area contributed by atoms with Crippen LogP contribution in [0.3, 0.4) is 0 Å². The molecule has 0 spiro atoms. The van der Waals surface area contributed by atoms with Gasteiger partial charge in [-0.1, -0.05) is 65.0 Å². The van der Waals surface area contributed by atoms with Crippen molar-refractivity contribution < 1.29 is 19.8 Å². The first-order valence-corrected chi connectivity index (χ1v) is 13.8. The van der Waals surface area contributed by atoms with Crippen molar-refractivity contribution in [3.63, 3.8) is 0 Å². The van der Waals surface area contributed by atoms with E-state index in [1.54, 1.807) is 0 Å². The molecule has 0 fully saturated rings. The molecule has 2 aromatic carbocycles. The third kappa shape index (κ3) is 5.98. The molecule has 0 aliphatic heterocycles. The number of nitrogens with zero attached hydrogens (tertiary/aromatic N) is 1. The highest BCUT2D eigenvalue weighted by Crippen LogP contribution is 2.41. The molecule has 2 rings (SSSR count). The van der Waals surface area contributed by atoms with Crippen molar-refractivity contribution >= 4 is 11.9 Å². The van der Waals surface area contributed by atoms with Crippen LogP contribution >= 0.6 is 0 Å². The lowest BCUT2D eigenvalue weighted by atomic mass is 9.69. The first kappa shape index (κ1) is 31.6. The van der Waals surface area contributed by atoms with E-state index in [1.165, 1.54) is 42.5 Å². The molecule has 1 unspecified atom stereocenters. The Hall–Kier alpha value is -2.66. The maximum absolute atomic E-state index is 13.2. The summed E-state index contributed by atoms with van der Waals surface area (Å²) in [6.07, 6.45) is 3.32. The first-order valence-electron chi connectivity index (χ1n) is 13.8. The fraction of sp³-hybridized carbons (Fsp3) is 0.576. The zero-order chi connectivity index (χ0) is 29.3. The number of likely N-dealkylation sites (N-methyl/N-ethyl adjacent to an activating group) is 1. The molecule has 0 saturated carbocycles. The van der Waals surface area contributed by atoms with Crippen molar-refractivity contribution in [2.45, 2.75) is 111 Å². The van der Waals surface area contributed by atoms with E-state index in [-0.39, 0.29) is 16.7 Å². The Bertz CT molecular complexity index is 1170. The molecular formula is C33H49NO4. The zero-order valence-corrected chi connectivity index (χ0v) is 25.5. The van der Waals surface area contributed by atoms with E-state index in [0.717, 1.165) is 30.4 Å². The number of aliphatic hydroxyl groups is 1. The molecule has 0 bridgehead atoms. The van der Waals surface area contributed by atoms with Gasteiger partial charge in [0.15, 0.2) is 0 Å². The van der Waals surface area contributed by atoms with Crippen LogP contribution in [0.5, 0.6) is 0 Å². The van der Waals surface area contributed by atoms with Crippen LogP contribution in [-0.2, 0) is 16.6 Å². The van der Waals surface area contributed by atoms with Crippen molar-refractivity contribution in [2.24, 2.45) is 5.41 Å². The zero-order valence-electron chi connectivity index (χ0n) is 25.5. The van der Waals surface area contributed by atoms with E-state index < -0.39 is 17.1 Å². The summed E-state index contributed by atoms with van der Waals surface area (Å²) in [5.41, 5.74) is 3.77. The third-order valence-electron chi connectivity index (χ3n) is 9.28. The van der Waals surface area contributed by atoms with Gasteiger partial charge in [0.05, 0.1) is 5.60 Å². The topological polar surface area (TPSA) is 77.8 Å². The van der Waals surface area contributed by atoms with Crippen LogP contribution in [0.25, 0.3) is 0 Å². The molecule has 0 heterocycles. The van der Waals surface area contributed by atoms with Gasteiger partial charge in [-0.15, -0.1) is 0 Å². The largest absolute Gasteiger partial charge is 0.480 e. The van der Waals surface area contributed by atoms with Gasteiger partial charge in [-0.25, -0.2) is 4.79 Å². The summed E-state index contributed by atoms with van der Waals surface area (Å²) in [7, 11) is 1.54. The van der Waals surface area contributed by atoms with Crippen LogP contribution in [0.2, 0.25) is 0 Å². The molecule has 210 valence electrons. The molecule has 0 saturated heterocycles. The summed E-state index contributed by atoms with van der Waals surface area (Å²) in [5.74, 6) is -1.34. The van der Waals surface area contributed by atoms with E-state index in [1.807, 2.05) is 26.0 Å². The lowest BCUT2D eigenvalue weighted by Crippen LogP contribution is -2.50. The van der Waals surface area contributed by atoms with Gasteiger partial charge in [-0.3, -0.25) is 4.79 Å². The number of hydrogen-bond donors (Lipinski definition) is 2. The highest BCUT2D eigenvalue weighted by atomic mass is 16.4. The molecule has 0 aliphatic carbocycles. The minimum Gasteiger partial charge on any atom is -0.480 e. The van der Waals surface area contributed by atoms with E-state index in [4.69, 9.17) is 0 Å². The number of amides is 1. The van der Waals surface area contributed by atoms with Gasteiger partial charge in [0.25, 0.3) is 5.91 Å². The van der Waals surface area contributed by atoms with Gasteiger partial charge in [0.1, 0.15) is 5.54 Å². The molecular weight excluding hydrogens is 474 g/mol. The van der Waals surface area contributed by atoms with Crippen LogP contribution < -0.4 is 0 Å². The average molecular weight is 524 g/mol. The first-order chi connectivity index (χ1) is 17.4. The smallest absolute Gasteiger partial charge is 0.329 e. The quantitative estimate of drug-likeness (QED) is 0.349. The minimum absolute atomic E-state index is 0.190. The van der Waals surface area contributed by atoms with Gasteiger partial charge in [-0.2, -0.15) is 0 Å². The predicted molar refractivity (Wildman–Crippen MR) is 156 cm³/mol. The van der Waals surface area contributed by atoms with E-state index >= 15 is 0 Å². The molecule has 0 radical (unpaired) electrons. The Balaban J connectivity index is 2.44. The van der Waals surface area contributed by atoms with Crippen molar-refractivity contribution in [1.29, 1.82) is 0 Å². The molecule has 2 N–H and O–H groups in total. The number of aryl methyl sites for hydroxylation is 3. The maximum atomic E-state index is 13.2. The summed E-state index contributed by atoms with van der Waals surface area (Å²) in [6, 6.07) is 12.7.